The lowest BCUT2D eigenvalue weighted by Crippen LogP contribution is -1.97. The van der Waals surface area contributed by atoms with Crippen LogP contribution in [0, 0.1) is 17.1 Å². The molecule has 0 aromatic heterocycles. The van der Waals surface area contributed by atoms with Gasteiger partial charge in [-0.25, -0.2) is 4.39 Å². The lowest BCUT2D eigenvalue weighted by Gasteiger charge is -2.09. The van der Waals surface area contributed by atoms with Crippen LogP contribution in [0.5, 0.6) is 5.75 Å². The van der Waals surface area contributed by atoms with E-state index >= 15 is 0 Å². The molecule has 132 valence electrons. The highest BCUT2D eigenvalue weighted by Crippen LogP contribution is 2.30. The third kappa shape index (κ3) is 5.57. The Balaban J connectivity index is 1.91. The predicted molar refractivity (Wildman–Crippen MR) is 103 cm³/mol. The van der Waals surface area contributed by atoms with E-state index < -0.39 is 5.82 Å². The number of ether oxygens (including phenoxy) is 1. The maximum Gasteiger partial charge on any atom is 0.149 e. The summed E-state index contributed by atoms with van der Waals surface area (Å²) in [7, 11) is 0. The molecule has 0 unspecified atom stereocenters. The quantitative estimate of drug-likeness (QED) is 0.428. The number of nitriles is 1. The number of benzene rings is 2. The highest BCUT2D eigenvalue weighted by molar-refractivity contribution is 9.10. The zero-order chi connectivity index (χ0) is 18.1. The second-order valence-corrected chi connectivity index (χ2v) is 6.89. The molecule has 0 radical (unpaired) electrons. The summed E-state index contributed by atoms with van der Waals surface area (Å²) < 4.78 is 20.6. The molecule has 0 aliphatic carbocycles. The molecule has 2 rings (SSSR count). The Hall–Kier alpha value is -1.86. The molecule has 0 amide bonds. The average Bonchev–Trinajstić information content (AvgIpc) is 2.62. The number of nitrogens with zero attached hydrogens (tertiary/aromatic N) is 1. The van der Waals surface area contributed by atoms with Crippen LogP contribution in [-0.2, 0) is 0 Å². The zero-order valence-corrected chi connectivity index (χ0v) is 16.1. The first-order valence-corrected chi connectivity index (χ1v) is 9.58. The SMILES string of the molecule is CCCCCCCCOc1ccc(-c2ccc(Br)c(C#N)c2F)cc1. The molecule has 2 nitrogen and oxygen atoms in total. The number of rotatable bonds is 9. The van der Waals surface area contributed by atoms with E-state index in [0.29, 0.717) is 16.6 Å². The van der Waals surface area contributed by atoms with Crippen LogP contribution in [0.3, 0.4) is 0 Å². The van der Waals surface area contributed by atoms with E-state index in [2.05, 4.69) is 22.9 Å². The van der Waals surface area contributed by atoms with Crippen molar-refractivity contribution in [3.05, 3.63) is 52.3 Å². The molecule has 0 aliphatic rings. The first-order chi connectivity index (χ1) is 12.2. The summed E-state index contributed by atoms with van der Waals surface area (Å²) in [5, 5.41) is 9.06. The highest BCUT2D eigenvalue weighted by atomic mass is 79.9. The van der Waals surface area contributed by atoms with E-state index in [1.165, 1.54) is 32.1 Å². The molecule has 0 aliphatic heterocycles. The summed E-state index contributed by atoms with van der Waals surface area (Å²) in [5.74, 6) is 0.285. The molecule has 2 aromatic carbocycles. The topological polar surface area (TPSA) is 33.0 Å². The van der Waals surface area contributed by atoms with Gasteiger partial charge >= 0.3 is 0 Å². The van der Waals surface area contributed by atoms with Gasteiger partial charge in [-0.05, 0) is 46.1 Å². The van der Waals surface area contributed by atoms with E-state index in [1.54, 1.807) is 12.1 Å². The third-order valence-electron chi connectivity index (χ3n) is 4.13. The molecule has 0 heterocycles. The van der Waals surface area contributed by atoms with Gasteiger partial charge in [0.05, 0.1) is 6.61 Å². The first-order valence-electron chi connectivity index (χ1n) is 8.78. The molecule has 25 heavy (non-hydrogen) atoms. The second kappa shape index (κ2) is 10.2. The molecule has 0 atom stereocenters. The van der Waals surface area contributed by atoms with Crippen LogP contribution in [0.4, 0.5) is 4.39 Å². The average molecular weight is 404 g/mol. The summed E-state index contributed by atoms with van der Waals surface area (Å²) in [6.07, 6.45) is 7.38. The van der Waals surface area contributed by atoms with E-state index in [9.17, 15) is 4.39 Å². The van der Waals surface area contributed by atoms with Gasteiger partial charge in [-0.1, -0.05) is 57.2 Å². The summed E-state index contributed by atoms with van der Waals surface area (Å²) in [6, 6.07) is 12.6. The van der Waals surface area contributed by atoms with Crippen LogP contribution >= 0.6 is 15.9 Å². The van der Waals surface area contributed by atoms with Gasteiger partial charge in [0.15, 0.2) is 0 Å². The van der Waals surface area contributed by atoms with Gasteiger partial charge < -0.3 is 4.74 Å². The maximum absolute atomic E-state index is 14.4. The standard InChI is InChI=1S/C21H23BrFNO/c1-2-3-4-5-6-7-14-25-17-10-8-16(9-11-17)18-12-13-20(22)19(15-24)21(18)23/h8-13H,2-7,14H2,1H3. The van der Waals surface area contributed by atoms with Crippen molar-refractivity contribution in [1.29, 1.82) is 5.26 Å². The van der Waals surface area contributed by atoms with Gasteiger partial charge in [0.1, 0.15) is 23.2 Å². The van der Waals surface area contributed by atoms with Gasteiger partial charge in [0.25, 0.3) is 0 Å². The Morgan fingerprint density at radius 1 is 1.00 bits per heavy atom. The first kappa shape index (κ1) is 19.5. The fourth-order valence-electron chi connectivity index (χ4n) is 2.68. The normalized spacial score (nSPS) is 10.5. The molecule has 0 N–H and O–H groups in total. The molecular formula is C21H23BrFNO. The fraction of sp³-hybridized carbons (Fsp3) is 0.381. The monoisotopic (exact) mass is 403 g/mol. The number of unbranched alkanes of at least 4 members (excludes halogenated alkanes) is 5. The lowest BCUT2D eigenvalue weighted by atomic mass is 10.0. The fourth-order valence-corrected chi connectivity index (χ4v) is 3.08. The summed E-state index contributed by atoms with van der Waals surface area (Å²) >= 11 is 3.20. The van der Waals surface area contributed by atoms with Gasteiger partial charge in [0, 0.05) is 10.0 Å². The van der Waals surface area contributed by atoms with Crippen LogP contribution < -0.4 is 4.74 Å². The Kier molecular flexibility index (Phi) is 7.94. The Morgan fingerprint density at radius 3 is 2.36 bits per heavy atom. The van der Waals surface area contributed by atoms with Crippen molar-refractivity contribution in [2.24, 2.45) is 0 Å². The van der Waals surface area contributed by atoms with Crippen molar-refractivity contribution in [3.63, 3.8) is 0 Å². The Morgan fingerprint density at radius 2 is 1.68 bits per heavy atom. The molecule has 0 fully saturated rings. The number of hydrogen-bond acceptors (Lipinski definition) is 2. The second-order valence-electron chi connectivity index (χ2n) is 6.04. The Labute approximate surface area is 157 Å². The van der Waals surface area contributed by atoms with Crippen LogP contribution in [-0.4, -0.2) is 6.61 Å². The summed E-state index contributed by atoms with van der Waals surface area (Å²) in [5.41, 5.74) is 1.18. The lowest BCUT2D eigenvalue weighted by molar-refractivity contribution is 0.304. The van der Waals surface area contributed by atoms with Gasteiger partial charge in [0.2, 0.25) is 0 Å². The largest absolute Gasteiger partial charge is 0.494 e. The van der Waals surface area contributed by atoms with Crippen molar-refractivity contribution in [1.82, 2.24) is 0 Å². The van der Waals surface area contributed by atoms with E-state index in [1.807, 2.05) is 30.3 Å². The van der Waals surface area contributed by atoms with E-state index in [-0.39, 0.29) is 5.56 Å². The predicted octanol–water partition coefficient (Wildman–Crippen LogP) is 6.87. The Bertz CT molecular complexity index is 722. The summed E-state index contributed by atoms with van der Waals surface area (Å²) in [4.78, 5) is 0. The molecule has 0 spiro atoms. The number of halogens is 2. The van der Waals surface area contributed by atoms with Crippen molar-refractivity contribution in [3.8, 4) is 22.9 Å². The van der Waals surface area contributed by atoms with Gasteiger partial charge in [-0.15, -0.1) is 0 Å². The van der Waals surface area contributed by atoms with E-state index in [0.717, 1.165) is 17.7 Å². The van der Waals surface area contributed by atoms with Gasteiger partial charge in [-0.3, -0.25) is 0 Å². The molecule has 4 heteroatoms. The minimum Gasteiger partial charge on any atom is -0.494 e. The van der Waals surface area contributed by atoms with E-state index in [4.69, 9.17) is 10.00 Å². The maximum atomic E-state index is 14.4. The minimum atomic E-state index is -0.502. The van der Waals surface area contributed by atoms with Crippen LogP contribution in [0.25, 0.3) is 11.1 Å². The molecular weight excluding hydrogens is 381 g/mol. The molecule has 0 bridgehead atoms. The highest BCUT2D eigenvalue weighted by Gasteiger charge is 2.13. The van der Waals surface area contributed by atoms with Crippen LogP contribution in [0.15, 0.2) is 40.9 Å². The zero-order valence-electron chi connectivity index (χ0n) is 14.5. The summed E-state index contributed by atoms with van der Waals surface area (Å²) in [6.45, 7) is 2.92. The smallest absolute Gasteiger partial charge is 0.149 e. The van der Waals surface area contributed by atoms with Crippen molar-refractivity contribution >= 4 is 15.9 Å². The number of hydrogen-bond donors (Lipinski definition) is 0. The molecule has 0 saturated heterocycles. The van der Waals surface area contributed by atoms with Crippen LogP contribution in [0.2, 0.25) is 0 Å². The van der Waals surface area contributed by atoms with Gasteiger partial charge in [-0.2, -0.15) is 5.26 Å². The van der Waals surface area contributed by atoms with Crippen molar-refractivity contribution in [2.45, 2.75) is 45.4 Å². The molecule has 0 saturated carbocycles. The molecule has 2 aromatic rings. The minimum absolute atomic E-state index is 0.0286. The van der Waals surface area contributed by atoms with Crippen LogP contribution in [0.1, 0.15) is 51.0 Å². The van der Waals surface area contributed by atoms with Crippen molar-refractivity contribution in [2.75, 3.05) is 6.61 Å². The van der Waals surface area contributed by atoms with Crippen molar-refractivity contribution < 1.29 is 9.13 Å². The third-order valence-corrected chi connectivity index (χ3v) is 4.80.